The number of hydrogen-bond acceptors (Lipinski definition) is 5. The molecule has 6 heteroatoms. The molecule has 0 atom stereocenters. The van der Waals surface area contributed by atoms with Crippen LogP contribution < -0.4 is 11.1 Å². The van der Waals surface area contributed by atoms with Gasteiger partial charge in [-0.25, -0.2) is 15.0 Å². The number of fused-ring (bicyclic) bond motifs is 1. The molecule has 1 aliphatic rings. The average molecular weight is 308 g/mol. The highest BCUT2D eigenvalue weighted by molar-refractivity contribution is 5.59. The van der Waals surface area contributed by atoms with Crippen molar-refractivity contribution in [1.29, 1.82) is 0 Å². The van der Waals surface area contributed by atoms with E-state index in [9.17, 15) is 0 Å². The molecule has 0 aliphatic heterocycles. The van der Waals surface area contributed by atoms with Crippen molar-refractivity contribution in [1.82, 2.24) is 19.4 Å². The van der Waals surface area contributed by atoms with Gasteiger partial charge in [-0.3, -0.25) is 0 Å². The smallest absolute Gasteiger partial charge is 0.162 e. The van der Waals surface area contributed by atoms with Crippen LogP contribution in [-0.2, 0) is 0 Å². The van der Waals surface area contributed by atoms with Crippen molar-refractivity contribution in [2.75, 3.05) is 5.32 Å². The van der Waals surface area contributed by atoms with Gasteiger partial charge in [0, 0.05) is 42.4 Å². The summed E-state index contributed by atoms with van der Waals surface area (Å²) in [6.45, 7) is 0. The molecule has 4 rings (SSSR count). The second-order valence-corrected chi connectivity index (χ2v) is 6.13. The van der Waals surface area contributed by atoms with E-state index in [0.717, 1.165) is 48.5 Å². The molecule has 1 fully saturated rings. The number of pyridine rings is 1. The number of nitrogens with zero attached hydrogens (tertiary/aromatic N) is 4. The van der Waals surface area contributed by atoms with Gasteiger partial charge in [0.15, 0.2) is 5.82 Å². The van der Waals surface area contributed by atoms with Crippen molar-refractivity contribution in [2.24, 2.45) is 5.73 Å². The molecular formula is C17H20N6. The van der Waals surface area contributed by atoms with E-state index in [1.807, 2.05) is 35.0 Å². The number of nitrogens with two attached hydrogens (primary N) is 1. The molecule has 0 saturated heterocycles. The lowest BCUT2D eigenvalue weighted by Crippen LogP contribution is -2.33. The van der Waals surface area contributed by atoms with Gasteiger partial charge in [0.2, 0.25) is 0 Å². The zero-order valence-corrected chi connectivity index (χ0v) is 12.9. The lowest BCUT2D eigenvalue weighted by Gasteiger charge is -2.27. The molecule has 23 heavy (non-hydrogen) atoms. The predicted octanol–water partition coefficient (Wildman–Crippen LogP) is 2.47. The van der Waals surface area contributed by atoms with Crippen molar-refractivity contribution in [2.45, 2.75) is 37.8 Å². The summed E-state index contributed by atoms with van der Waals surface area (Å²) in [4.78, 5) is 13.3. The Hall–Kier alpha value is -2.47. The molecule has 0 bridgehead atoms. The van der Waals surface area contributed by atoms with Crippen molar-refractivity contribution < 1.29 is 0 Å². The second kappa shape index (κ2) is 5.96. The van der Waals surface area contributed by atoms with Gasteiger partial charge in [0.25, 0.3) is 0 Å². The Bertz CT molecular complexity index is 803. The van der Waals surface area contributed by atoms with Gasteiger partial charge in [-0.1, -0.05) is 0 Å². The summed E-state index contributed by atoms with van der Waals surface area (Å²) in [5, 5.41) is 3.52. The average Bonchev–Trinajstić information content (AvgIpc) is 3.05. The summed E-state index contributed by atoms with van der Waals surface area (Å²) in [6, 6.07) is 6.71. The summed E-state index contributed by atoms with van der Waals surface area (Å²) in [6.07, 6.45) is 11.9. The molecule has 3 aromatic heterocycles. The van der Waals surface area contributed by atoms with E-state index in [2.05, 4.69) is 20.3 Å². The maximum atomic E-state index is 5.97. The Morgan fingerprint density at radius 1 is 1.04 bits per heavy atom. The van der Waals surface area contributed by atoms with Gasteiger partial charge in [-0.05, 0) is 43.9 Å². The van der Waals surface area contributed by atoms with Crippen LogP contribution in [0.3, 0.4) is 0 Å². The van der Waals surface area contributed by atoms with Gasteiger partial charge in [0.1, 0.15) is 11.5 Å². The maximum absolute atomic E-state index is 5.97. The Labute approximate surface area is 134 Å². The minimum atomic E-state index is 0.357. The van der Waals surface area contributed by atoms with E-state index >= 15 is 0 Å². The molecule has 0 radical (unpaired) electrons. The molecule has 6 nitrogen and oxygen atoms in total. The van der Waals surface area contributed by atoms with E-state index in [-0.39, 0.29) is 0 Å². The topological polar surface area (TPSA) is 81.1 Å². The first-order valence-electron chi connectivity index (χ1n) is 8.06. The van der Waals surface area contributed by atoms with Gasteiger partial charge >= 0.3 is 0 Å². The van der Waals surface area contributed by atoms with E-state index in [4.69, 9.17) is 5.73 Å². The Morgan fingerprint density at radius 2 is 1.91 bits per heavy atom. The highest BCUT2D eigenvalue weighted by atomic mass is 15.1. The number of rotatable bonds is 3. The van der Waals surface area contributed by atoms with Gasteiger partial charge in [-0.15, -0.1) is 0 Å². The van der Waals surface area contributed by atoms with Crippen LogP contribution in [-0.4, -0.2) is 31.4 Å². The Balaban J connectivity index is 1.55. The number of anilines is 1. The van der Waals surface area contributed by atoms with Crippen molar-refractivity contribution in [3.05, 3.63) is 43.0 Å². The first kappa shape index (κ1) is 14.1. The van der Waals surface area contributed by atoms with Gasteiger partial charge < -0.3 is 15.5 Å². The standard InChI is InChI=1S/C17H20N6/c18-13-2-4-14(5-3-13)21-15-7-8-20-17(22-15)12-1-6-16-19-9-10-23(16)11-12/h1,6-11,13-14H,2-5,18H2,(H,20,21,22). The summed E-state index contributed by atoms with van der Waals surface area (Å²) in [7, 11) is 0. The van der Waals surface area contributed by atoms with Crippen LogP contribution in [0.25, 0.3) is 17.0 Å². The third kappa shape index (κ3) is 3.03. The highest BCUT2D eigenvalue weighted by Gasteiger charge is 2.18. The van der Waals surface area contributed by atoms with Crippen LogP contribution in [0.15, 0.2) is 43.0 Å². The molecule has 0 amide bonds. The lowest BCUT2D eigenvalue weighted by atomic mass is 9.92. The minimum absolute atomic E-state index is 0.357. The van der Waals surface area contributed by atoms with Crippen LogP contribution in [0.5, 0.6) is 0 Å². The molecule has 3 N–H and O–H groups in total. The fourth-order valence-corrected chi connectivity index (χ4v) is 3.10. The largest absolute Gasteiger partial charge is 0.367 e. The third-order valence-corrected chi connectivity index (χ3v) is 4.43. The van der Waals surface area contributed by atoms with E-state index in [1.165, 1.54) is 0 Å². The number of aromatic nitrogens is 4. The summed E-state index contributed by atoms with van der Waals surface area (Å²) in [5.41, 5.74) is 7.86. The first-order valence-corrected chi connectivity index (χ1v) is 8.06. The normalized spacial score (nSPS) is 21.4. The molecular weight excluding hydrogens is 288 g/mol. The van der Waals surface area contributed by atoms with Crippen molar-refractivity contribution in [3.8, 4) is 11.4 Å². The fourth-order valence-electron chi connectivity index (χ4n) is 3.10. The molecule has 3 aromatic rings. The summed E-state index contributed by atoms with van der Waals surface area (Å²) < 4.78 is 1.97. The molecule has 0 unspecified atom stereocenters. The minimum Gasteiger partial charge on any atom is -0.367 e. The number of imidazole rings is 1. The molecule has 1 saturated carbocycles. The van der Waals surface area contributed by atoms with Gasteiger partial charge in [-0.2, -0.15) is 0 Å². The van der Waals surface area contributed by atoms with Crippen LogP contribution in [0.1, 0.15) is 25.7 Å². The fraction of sp³-hybridized carbons (Fsp3) is 0.353. The molecule has 118 valence electrons. The van der Waals surface area contributed by atoms with E-state index < -0.39 is 0 Å². The maximum Gasteiger partial charge on any atom is 0.162 e. The SMILES string of the molecule is NC1CCC(Nc2ccnc(-c3ccc4nccn4c3)n2)CC1. The van der Waals surface area contributed by atoms with Crippen molar-refractivity contribution >= 4 is 11.5 Å². The van der Waals surface area contributed by atoms with E-state index in [1.54, 1.807) is 12.4 Å². The van der Waals surface area contributed by atoms with Crippen LogP contribution in [0.4, 0.5) is 5.82 Å². The monoisotopic (exact) mass is 308 g/mol. The molecule has 0 aromatic carbocycles. The molecule has 0 spiro atoms. The lowest BCUT2D eigenvalue weighted by molar-refractivity contribution is 0.410. The quantitative estimate of drug-likeness (QED) is 0.777. The first-order chi connectivity index (χ1) is 11.3. The zero-order valence-electron chi connectivity index (χ0n) is 12.9. The summed E-state index contributed by atoms with van der Waals surface area (Å²) >= 11 is 0. The molecule has 1 aliphatic carbocycles. The van der Waals surface area contributed by atoms with Crippen molar-refractivity contribution in [3.63, 3.8) is 0 Å². The summed E-state index contributed by atoms with van der Waals surface area (Å²) in [5.74, 6) is 1.60. The van der Waals surface area contributed by atoms with Crippen LogP contribution in [0.2, 0.25) is 0 Å². The van der Waals surface area contributed by atoms with Crippen LogP contribution in [0, 0.1) is 0 Å². The number of hydrogen-bond donors (Lipinski definition) is 2. The molecule has 3 heterocycles. The Kier molecular flexibility index (Phi) is 3.67. The van der Waals surface area contributed by atoms with Gasteiger partial charge in [0.05, 0.1) is 0 Å². The predicted molar refractivity (Wildman–Crippen MR) is 90.1 cm³/mol. The highest BCUT2D eigenvalue weighted by Crippen LogP contribution is 2.22. The third-order valence-electron chi connectivity index (χ3n) is 4.43. The second-order valence-electron chi connectivity index (χ2n) is 6.13. The Morgan fingerprint density at radius 3 is 2.78 bits per heavy atom. The van der Waals surface area contributed by atoms with E-state index in [0.29, 0.717) is 12.1 Å². The van der Waals surface area contributed by atoms with Crippen LogP contribution >= 0.6 is 0 Å². The number of nitrogens with one attached hydrogen (secondary N) is 1. The zero-order chi connectivity index (χ0) is 15.6.